The molecule has 0 radical (unpaired) electrons. The molecule has 0 aliphatic rings. The number of anilines is 1. The molecule has 2 rings (SSSR count). The van der Waals surface area contributed by atoms with Crippen LogP contribution in [-0.2, 0) is 0 Å². The lowest BCUT2D eigenvalue weighted by Crippen LogP contribution is -2.35. The van der Waals surface area contributed by atoms with Crippen LogP contribution in [0.15, 0.2) is 12.4 Å². The summed E-state index contributed by atoms with van der Waals surface area (Å²) in [6.07, 6.45) is -5.85. The molecule has 2 aromatic rings. The Morgan fingerprint density at radius 1 is 1.50 bits per heavy atom. The fraction of sp³-hybridized carbons (Fsp3) is 0.444. The Morgan fingerprint density at radius 2 is 2.22 bits per heavy atom. The van der Waals surface area contributed by atoms with Crippen LogP contribution >= 0.6 is 0 Å². The second-order valence-corrected chi connectivity index (χ2v) is 3.69. The SMILES string of the molecule is Cc1cc(NCC(O)C(F)(F)F)n2ncnc2n1. The van der Waals surface area contributed by atoms with Crippen LogP contribution in [0.3, 0.4) is 0 Å². The van der Waals surface area contributed by atoms with Crippen LogP contribution in [0.1, 0.15) is 5.69 Å². The molecule has 98 valence electrons. The minimum Gasteiger partial charge on any atom is -0.382 e. The van der Waals surface area contributed by atoms with Gasteiger partial charge in [-0.2, -0.15) is 27.8 Å². The van der Waals surface area contributed by atoms with E-state index in [4.69, 9.17) is 5.11 Å². The van der Waals surface area contributed by atoms with Crippen LogP contribution in [0.5, 0.6) is 0 Å². The lowest BCUT2D eigenvalue weighted by molar-refractivity contribution is -0.198. The molecule has 0 aromatic carbocycles. The first kappa shape index (κ1) is 12.6. The van der Waals surface area contributed by atoms with Crippen LogP contribution in [0.4, 0.5) is 19.0 Å². The van der Waals surface area contributed by atoms with Crippen molar-refractivity contribution in [1.29, 1.82) is 0 Å². The molecule has 6 nitrogen and oxygen atoms in total. The Balaban J connectivity index is 2.19. The molecule has 0 aliphatic carbocycles. The summed E-state index contributed by atoms with van der Waals surface area (Å²) in [5.74, 6) is 0.567. The van der Waals surface area contributed by atoms with E-state index in [0.29, 0.717) is 11.5 Å². The first-order valence-corrected chi connectivity index (χ1v) is 5.04. The van der Waals surface area contributed by atoms with Gasteiger partial charge in [0.05, 0.1) is 6.54 Å². The number of fused-ring (bicyclic) bond motifs is 1. The molecule has 1 atom stereocenters. The van der Waals surface area contributed by atoms with E-state index >= 15 is 0 Å². The maximum Gasteiger partial charge on any atom is 0.416 e. The van der Waals surface area contributed by atoms with E-state index < -0.39 is 18.8 Å². The van der Waals surface area contributed by atoms with Crippen LogP contribution in [-0.4, -0.2) is 43.5 Å². The zero-order valence-corrected chi connectivity index (χ0v) is 9.31. The zero-order chi connectivity index (χ0) is 13.3. The van der Waals surface area contributed by atoms with E-state index in [2.05, 4.69) is 20.4 Å². The molecule has 0 fully saturated rings. The van der Waals surface area contributed by atoms with Crippen molar-refractivity contribution in [2.75, 3.05) is 11.9 Å². The summed E-state index contributed by atoms with van der Waals surface area (Å²) in [4.78, 5) is 7.87. The molecular weight excluding hydrogens is 251 g/mol. The summed E-state index contributed by atoms with van der Waals surface area (Å²) < 4.78 is 37.7. The van der Waals surface area contributed by atoms with Gasteiger partial charge in [0.2, 0.25) is 0 Å². The van der Waals surface area contributed by atoms with Gasteiger partial charge in [-0.15, -0.1) is 0 Å². The molecule has 0 amide bonds. The summed E-state index contributed by atoms with van der Waals surface area (Å²) in [6, 6.07) is 1.52. The number of aliphatic hydroxyl groups excluding tert-OH is 1. The Morgan fingerprint density at radius 3 is 2.89 bits per heavy atom. The molecule has 0 saturated carbocycles. The lowest BCUT2D eigenvalue weighted by Gasteiger charge is -2.16. The van der Waals surface area contributed by atoms with E-state index in [1.807, 2.05) is 0 Å². The predicted molar refractivity (Wildman–Crippen MR) is 56.1 cm³/mol. The van der Waals surface area contributed by atoms with Gasteiger partial charge in [-0.1, -0.05) is 0 Å². The van der Waals surface area contributed by atoms with Crippen molar-refractivity contribution in [2.45, 2.75) is 19.2 Å². The number of rotatable bonds is 3. The third kappa shape index (κ3) is 2.50. The van der Waals surface area contributed by atoms with Crippen molar-refractivity contribution in [3.63, 3.8) is 0 Å². The molecule has 2 heterocycles. The van der Waals surface area contributed by atoms with Crippen molar-refractivity contribution in [1.82, 2.24) is 19.6 Å². The number of aliphatic hydroxyl groups is 1. The molecule has 1 unspecified atom stereocenters. The highest BCUT2D eigenvalue weighted by Gasteiger charge is 2.37. The molecule has 0 saturated heterocycles. The lowest BCUT2D eigenvalue weighted by atomic mass is 10.3. The summed E-state index contributed by atoms with van der Waals surface area (Å²) in [5, 5.41) is 15.2. The molecule has 0 bridgehead atoms. The van der Waals surface area contributed by atoms with Gasteiger partial charge in [-0.25, -0.2) is 4.98 Å². The van der Waals surface area contributed by atoms with Gasteiger partial charge < -0.3 is 10.4 Å². The fourth-order valence-electron chi connectivity index (χ4n) is 1.37. The molecule has 0 spiro atoms. The molecule has 9 heteroatoms. The van der Waals surface area contributed by atoms with Gasteiger partial charge in [0, 0.05) is 11.8 Å². The second-order valence-electron chi connectivity index (χ2n) is 3.69. The molecule has 0 aliphatic heterocycles. The highest BCUT2D eigenvalue weighted by Crippen LogP contribution is 2.20. The number of nitrogens with one attached hydrogen (secondary N) is 1. The maximum atomic E-state index is 12.1. The summed E-state index contributed by atoms with van der Waals surface area (Å²) in [7, 11) is 0. The number of hydrogen-bond donors (Lipinski definition) is 2. The fourth-order valence-corrected chi connectivity index (χ4v) is 1.37. The van der Waals surface area contributed by atoms with E-state index in [9.17, 15) is 13.2 Å². The Kier molecular flexibility index (Phi) is 3.07. The quantitative estimate of drug-likeness (QED) is 0.853. The minimum atomic E-state index is -4.66. The van der Waals surface area contributed by atoms with Gasteiger partial charge in [0.15, 0.2) is 6.10 Å². The summed E-state index contributed by atoms with van der Waals surface area (Å²) in [5.41, 5.74) is 0.583. The second kappa shape index (κ2) is 4.41. The highest BCUT2D eigenvalue weighted by molar-refractivity contribution is 5.44. The zero-order valence-electron chi connectivity index (χ0n) is 9.31. The Labute approximate surface area is 99.5 Å². The van der Waals surface area contributed by atoms with Crippen molar-refractivity contribution in [2.24, 2.45) is 0 Å². The van der Waals surface area contributed by atoms with Crippen molar-refractivity contribution in [3.05, 3.63) is 18.1 Å². The Bertz CT molecular complexity index is 553. The summed E-state index contributed by atoms with van der Waals surface area (Å²) >= 11 is 0. The van der Waals surface area contributed by atoms with E-state index in [-0.39, 0.29) is 5.78 Å². The monoisotopic (exact) mass is 261 g/mol. The first-order chi connectivity index (χ1) is 8.38. The average Bonchev–Trinajstić information content (AvgIpc) is 2.71. The number of halogens is 3. The number of aromatic nitrogens is 4. The third-order valence-electron chi connectivity index (χ3n) is 2.23. The highest BCUT2D eigenvalue weighted by atomic mass is 19.4. The van der Waals surface area contributed by atoms with Gasteiger partial charge in [0.1, 0.15) is 12.1 Å². The molecule has 2 N–H and O–H groups in total. The van der Waals surface area contributed by atoms with E-state index in [1.165, 1.54) is 16.9 Å². The molecule has 18 heavy (non-hydrogen) atoms. The maximum absolute atomic E-state index is 12.1. The average molecular weight is 261 g/mol. The number of hydrogen-bond acceptors (Lipinski definition) is 5. The Hall–Kier alpha value is -1.90. The van der Waals surface area contributed by atoms with E-state index in [1.54, 1.807) is 6.92 Å². The van der Waals surface area contributed by atoms with Crippen molar-refractivity contribution < 1.29 is 18.3 Å². The van der Waals surface area contributed by atoms with Crippen LogP contribution in [0.25, 0.3) is 5.78 Å². The number of aryl methyl sites for hydroxylation is 1. The van der Waals surface area contributed by atoms with Gasteiger partial charge in [-0.05, 0) is 6.92 Å². The van der Waals surface area contributed by atoms with Gasteiger partial charge in [0.25, 0.3) is 5.78 Å². The topological polar surface area (TPSA) is 75.3 Å². The molecular formula is C9H10F3N5O. The van der Waals surface area contributed by atoms with Crippen LogP contribution < -0.4 is 5.32 Å². The minimum absolute atomic E-state index is 0.277. The van der Waals surface area contributed by atoms with Crippen LogP contribution in [0, 0.1) is 6.92 Å². The summed E-state index contributed by atoms with van der Waals surface area (Å²) in [6.45, 7) is 1.02. The van der Waals surface area contributed by atoms with Gasteiger partial charge >= 0.3 is 6.18 Å². The predicted octanol–water partition coefficient (Wildman–Crippen LogP) is 0.768. The largest absolute Gasteiger partial charge is 0.416 e. The van der Waals surface area contributed by atoms with Crippen LogP contribution in [0.2, 0.25) is 0 Å². The molecule has 2 aromatic heterocycles. The van der Waals surface area contributed by atoms with E-state index in [0.717, 1.165) is 0 Å². The normalized spacial score (nSPS) is 13.8. The number of nitrogens with zero attached hydrogens (tertiary/aromatic N) is 4. The van der Waals surface area contributed by atoms with Crippen molar-refractivity contribution >= 4 is 11.6 Å². The first-order valence-electron chi connectivity index (χ1n) is 5.04. The smallest absolute Gasteiger partial charge is 0.382 e. The standard InChI is InChI=1S/C9H10F3N5O/c1-5-2-7(13-3-6(18)9(10,11)12)17-8(16-5)14-4-15-17/h2,4,6,13,18H,3H2,1H3. The van der Waals surface area contributed by atoms with Gasteiger partial charge in [-0.3, -0.25) is 0 Å². The van der Waals surface area contributed by atoms with Crippen molar-refractivity contribution in [3.8, 4) is 0 Å². The third-order valence-corrected chi connectivity index (χ3v) is 2.23. The number of alkyl halides is 3.